The third-order valence-electron chi connectivity index (χ3n) is 3.18. The number of hydrogen-bond acceptors (Lipinski definition) is 2. The summed E-state index contributed by atoms with van der Waals surface area (Å²) >= 11 is 0. The third-order valence-corrected chi connectivity index (χ3v) is 3.18. The number of carbonyl (C=O) groups excluding carboxylic acids is 1. The molecule has 0 N–H and O–H groups in total. The Labute approximate surface area is 100 Å². The Morgan fingerprint density at radius 3 is 2.76 bits per heavy atom. The molecule has 0 aliphatic heterocycles. The van der Waals surface area contributed by atoms with Gasteiger partial charge in [-0.25, -0.2) is 4.98 Å². The molecule has 0 atom stereocenters. The van der Waals surface area contributed by atoms with Gasteiger partial charge in [0.1, 0.15) is 5.82 Å². The summed E-state index contributed by atoms with van der Waals surface area (Å²) < 4.78 is 0. The number of hydrogen-bond donors (Lipinski definition) is 0. The van der Waals surface area contributed by atoms with Gasteiger partial charge in [-0.1, -0.05) is 18.2 Å². The lowest BCUT2D eigenvalue weighted by atomic mass is 10.2. The molecule has 0 spiro atoms. The second-order valence-electron chi connectivity index (χ2n) is 4.53. The van der Waals surface area contributed by atoms with E-state index < -0.39 is 0 Å². The summed E-state index contributed by atoms with van der Waals surface area (Å²) in [6, 6.07) is 11.9. The van der Waals surface area contributed by atoms with Crippen molar-refractivity contribution in [3.8, 4) is 0 Å². The van der Waals surface area contributed by atoms with Crippen molar-refractivity contribution in [3.63, 3.8) is 0 Å². The van der Waals surface area contributed by atoms with Gasteiger partial charge in [-0.2, -0.15) is 0 Å². The van der Waals surface area contributed by atoms with Crippen LogP contribution in [0.3, 0.4) is 0 Å². The Morgan fingerprint density at radius 1 is 1.24 bits per heavy atom. The molecule has 3 rings (SSSR count). The van der Waals surface area contributed by atoms with Crippen LogP contribution in [0.5, 0.6) is 0 Å². The molecular weight excluding hydrogens is 212 g/mol. The Balaban J connectivity index is 1.96. The first kappa shape index (κ1) is 10.3. The van der Waals surface area contributed by atoms with E-state index in [9.17, 15) is 4.79 Å². The van der Waals surface area contributed by atoms with Crippen molar-refractivity contribution >= 4 is 22.6 Å². The zero-order chi connectivity index (χ0) is 11.8. The first-order chi connectivity index (χ1) is 8.25. The number of pyridine rings is 1. The Hall–Kier alpha value is -1.90. The van der Waals surface area contributed by atoms with Gasteiger partial charge in [0, 0.05) is 18.4 Å². The summed E-state index contributed by atoms with van der Waals surface area (Å²) in [6.45, 7) is 0. The quantitative estimate of drug-likeness (QED) is 0.788. The molecule has 2 aromatic rings. The third kappa shape index (κ3) is 1.88. The molecule has 3 nitrogen and oxygen atoms in total. The first-order valence-electron chi connectivity index (χ1n) is 5.89. The number of para-hydroxylation sites is 1. The maximum absolute atomic E-state index is 11.9. The Bertz CT molecular complexity index is 575. The molecule has 1 saturated carbocycles. The van der Waals surface area contributed by atoms with Crippen molar-refractivity contribution < 1.29 is 4.79 Å². The van der Waals surface area contributed by atoms with E-state index >= 15 is 0 Å². The topological polar surface area (TPSA) is 33.2 Å². The van der Waals surface area contributed by atoms with Crippen molar-refractivity contribution in [2.45, 2.75) is 12.8 Å². The smallest absolute Gasteiger partial charge is 0.230 e. The molecule has 0 unspecified atom stereocenters. The largest absolute Gasteiger partial charge is 0.300 e. The highest BCUT2D eigenvalue weighted by Crippen LogP contribution is 2.32. The number of rotatable bonds is 2. The van der Waals surface area contributed by atoms with Crippen molar-refractivity contribution in [2.24, 2.45) is 5.92 Å². The maximum atomic E-state index is 11.9. The number of nitrogens with zero attached hydrogens (tertiary/aromatic N) is 2. The van der Waals surface area contributed by atoms with E-state index in [0.717, 1.165) is 29.6 Å². The van der Waals surface area contributed by atoms with E-state index in [1.807, 2.05) is 36.4 Å². The summed E-state index contributed by atoms with van der Waals surface area (Å²) in [5.41, 5.74) is 0.931. The van der Waals surface area contributed by atoms with Gasteiger partial charge in [-0.15, -0.1) is 0 Å². The second-order valence-corrected chi connectivity index (χ2v) is 4.53. The average Bonchev–Trinajstić information content (AvgIpc) is 3.21. The SMILES string of the molecule is CN(C(=O)C1CC1)c1ccc2ccccc2n1. The molecule has 0 bridgehead atoms. The summed E-state index contributed by atoms with van der Waals surface area (Å²) in [5.74, 6) is 1.15. The Kier molecular flexibility index (Phi) is 2.32. The predicted octanol–water partition coefficient (Wildman–Crippen LogP) is 2.61. The molecule has 1 aliphatic rings. The number of benzene rings is 1. The second kappa shape index (κ2) is 3.84. The van der Waals surface area contributed by atoms with Crippen LogP contribution in [0.15, 0.2) is 36.4 Å². The predicted molar refractivity (Wildman–Crippen MR) is 67.9 cm³/mol. The summed E-state index contributed by atoms with van der Waals surface area (Å²) in [7, 11) is 1.80. The van der Waals surface area contributed by atoms with Crippen molar-refractivity contribution in [2.75, 3.05) is 11.9 Å². The van der Waals surface area contributed by atoms with Crippen LogP contribution in [0, 0.1) is 5.92 Å². The van der Waals surface area contributed by atoms with Crippen LogP contribution in [0.1, 0.15) is 12.8 Å². The van der Waals surface area contributed by atoms with Crippen molar-refractivity contribution in [1.82, 2.24) is 4.98 Å². The molecule has 0 radical (unpaired) electrons. The highest BCUT2D eigenvalue weighted by Gasteiger charge is 2.32. The first-order valence-corrected chi connectivity index (χ1v) is 5.89. The van der Waals surface area contributed by atoms with Gasteiger partial charge >= 0.3 is 0 Å². The van der Waals surface area contributed by atoms with Gasteiger partial charge in [0.25, 0.3) is 0 Å². The fourth-order valence-electron chi connectivity index (χ4n) is 1.96. The zero-order valence-corrected chi connectivity index (χ0v) is 9.76. The van der Waals surface area contributed by atoms with Crippen molar-refractivity contribution in [3.05, 3.63) is 36.4 Å². The minimum absolute atomic E-state index is 0.188. The summed E-state index contributed by atoms with van der Waals surface area (Å²) in [5, 5.41) is 1.10. The molecule has 1 fully saturated rings. The van der Waals surface area contributed by atoms with Crippen LogP contribution in [0.2, 0.25) is 0 Å². The van der Waals surface area contributed by atoms with Gasteiger partial charge < -0.3 is 0 Å². The normalized spacial score (nSPS) is 14.9. The lowest BCUT2D eigenvalue weighted by Crippen LogP contribution is -2.28. The van der Waals surface area contributed by atoms with E-state index in [1.54, 1.807) is 11.9 Å². The number of aromatic nitrogens is 1. The standard InChI is InChI=1S/C14H14N2O/c1-16(14(17)11-6-7-11)13-9-8-10-4-2-3-5-12(10)15-13/h2-5,8-9,11H,6-7H2,1H3. The minimum Gasteiger partial charge on any atom is -0.300 e. The molecule has 1 aromatic carbocycles. The molecule has 86 valence electrons. The van der Waals surface area contributed by atoms with Gasteiger partial charge in [-0.05, 0) is 31.0 Å². The molecular formula is C14H14N2O. The van der Waals surface area contributed by atoms with E-state index in [-0.39, 0.29) is 11.8 Å². The maximum Gasteiger partial charge on any atom is 0.230 e. The van der Waals surface area contributed by atoms with Crippen LogP contribution in [-0.4, -0.2) is 17.9 Å². The molecule has 1 heterocycles. The van der Waals surface area contributed by atoms with Crippen LogP contribution in [0.4, 0.5) is 5.82 Å². The van der Waals surface area contributed by atoms with Gasteiger partial charge in [-0.3, -0.25) is 9.69 Å². The van der Waals surface area contributed by atoms with Crippen LogP contribution in [0.25, 0.3) is 10.9 Å². The number of amides is 1. The van der Waals surface area contributed by atoms with Gasteiger partial charge in [0.15, 0.2) is 0 Å². The minimum atomic E-state index is 0.188. The highest BCUT2D eigenvalue weighted by atomic mass is 16.2. The van der Waals surface area contributed by atoms with Crippen LogP contribution < -0.4 is 4.90 Å². The number of fused-ring (bicyclic) bond motifs is 1. The molecule has 1 amide bonds. The zero-order valence-electron chi connectivity index (χ0n) is 9.76. The van der Waals surface area contributed by atoms with Crippen molar-refractivity contribution in [1.29, 1.82) is 0 Å². The lowest BCUT2D eigenvalue weighted by molar-refractivity contribution is -0.119. The summed E-state index contributed by atoms with van der Waals surface area (Å²) in [6.07, 6.45) is 2.05. The highest BCUT2D eigenvalue weighted by molar-refractivity contribution is 5.96. The van der Waals surface area contributed by atoms with E-state index in [2.05, 4.69) is 4.98 Å². The number of anilines is 1. The fraction of sp³-hybridized carbons (Fsp3) is 0.286. The molecule has 0 saturated heterocycles. The van der Waals surface area contributed by atoms with Crippen LogP contribution in [-0.2, 0) is 4.79 Å². The van der Waals surface area contributed by atoms with E-state index in [0.29, 0.717) is 0 Å². The molecule has 1 aromatic heterocycles. The van der Waals surface area contributed by atoms with Gasteiger partial charge in [0.2, 0.25) is 5.91 Å². The monoisotopic (exact) mass is 226 g/mol. The van der Waals surface area contributed by atoms with Crippen LogP contribution >= 0.6 is 0 Å². The molecule has 17 heavy (non-hydrogen) atoms. The van der Waals surface area contributed by atoms with E-state index in [4.69, 9.17) is 0 Å². The fourth-order valence-corrected chi connectivity index (χ4v) is 1.96. The lowest BCUT2D eigenvalue weighted by Gasteiger charge is -2.16. The molecule has 1 aliphatic carbocycles. The summed E-state index contributed by atoms with van der Waals surface area (Å²) in [4.78, 5) is 18.1. The molecule has 3 heteroatoms. The average molecular weight is 226 g/mol. The Morgan fingerprint density at radius 2 is 2.00 bits per heavy atom. The van der Waals surface area contributed by atoms with Gasteiger partial charge in [0.05, 0.1) is 5.52 Å². The van der Waals surface area contributed by atoms with E-state index in [1.165, 1.54) is 0 Å². The number of carbonyl (C=O) groups is 1.